The number of aromatic nitrogens is 3. The molecule has 2 rings (SSSR count). The van der Waals surface area contributed by atoms with E-state index in [0.29, 0.717) is 11.1 Å². The molecule has 5 heteroatoms. The number of hydrogen-bond donors (Lipinski definition) is 0. The zero-order chi connectivity index (χ0) is 11.5. The van der Waals surface area contributed by atoms with Gasteiger partial charge in [-0.2, -0.15) is 0 Å². The molecule has 3 atom stereocenters. The summed E-state index contributed by atoms with van der Waals surface area (Å²) in [4.78, 5) is 0. The van der Waals surface area contributed by atoms with Crippen LogP contribution in [0.15, 0.2) is 11.5 Å². The third-order valence-electron chi connectivity index (χ3n) is 3.34. The van der Waals surface area contributed by atoms with Crippen molar-refractivity contribution in [3.05, 3.63) is 6.33 Å². The fraction of sp³-hybridized carbons (Fsp3) is 0.818. The molecule has 1 heterocycles. The topological polar surface area (TPSA) is 47.8 Å². The zero-order valence-electron chi connectivity index (χ0n) is 9.93. The van der Waals surface area contributed by atoms with Crippen LogP contribution in [-0.2, 0) is 17.3 Å². The second-order valence-electron chi connectivity index (χ2n) is 4.86. The Hall–Kier alpha value is -0.710. The summed E-state index contributed by atoms with van der Waals surface area (Å²) in [6.45, 7) is 3.24. The first-order valence-electron chi connectivity index (χ1n) is 5.88. The number of nitrogens with zero attached hydrogens (tertiary/aromatic N) is 3. The van der Waals surface area contributed by atoms with Gasteiger partial charge in [-0.05, 0) is 24.7 Å². The molecule has 0 N–H and O–H groups in total. The second kappa shape index (κ2) is 5.08. The predicted molar refractivity (Wildman–Crippen MR) is 63.5 cm³/mol. The van der Waals surface area contributed by atoms with E-state index in [9.17, 15) is 4.21 Å². The SMILES string of the molecule is C[C@@H]1CCC[C@H](Cn2cnnc2[S@](C)=O)C1. The molecule has 0 spiro atoms. The highest BCUT2D eigenvalue weighted by atomic mass is 32.2. The Bertz CT molecular complexity index is 377. The maximum atomic E-state index is 11.4. The third-order valence-corrected chi connectivity index (χ3v) is 4.17. The van der Waals surface area contributed by atoms with Crippen molar-refractivity contribution >= 4 is 10.8 Å². The second-order valence-corrected chi connectivity index (χ2v) is 6.13. The van der Waals surface area contributed by atoms with Crippen LogP contribution < -0.4 is 0 Å². The van der Waals surface area contributed by atoms with Gasteiger partial charge >= 0.3 is 0 Å². The standard InChI is InChI=1S/C11H19N3OS/c1-9-4-3-5-10(6-9)7-14-8-12-13-11(14)16(2)15/h8-10H,3-7H2,1-2H3/t9-,10+,16+/m1/s1. The lowest BCUT2D eigenvalue weighted by molar-refractivity contribution is 0.252. The first-order valence-corrected chi connectivity index (χ1v) is 7.44. The molecule has 0 saturated heterocycles. The molecule has 0 aliphatic heterocycles. The van der Waals surface area contributed by atoms with E-state index in [-0.39, 0.29) is 0 Å². The Balaban J connectivity index is 2.02. The van der Waals surface area contributed by atoms with Crippen molar-refractivity contribution in [2.24, 2.45) is 11.8 Å². The summed E-state index contributed by atoms with van der Waals surface area (Å²) in [5.41, 5.74) is 0. The van der Waals surface area contributed by atoms with Crippen LogP contribution in [0.2, 0.25) is 0 Å². The minimum atomic E-state index is -1.03. The lowest BCUT2D eigenvalue weighted by atomic mass is 9.82. The molecular weight excluding hydrogens is 222 g/mol. The molecule has 4 nitrogen and oxygen atoms in total. The Morgan fingerprint density at radius 1 is 1.56 bits per heavy atom. The van der Waals surface area contributed by atoms with Gasteiger partial charge in [0, 0.05) is 12.8 Å². The Morgan fingerprint density at radius 2 is 2.38 bits per heavy atom. The van der Waals surface area contributed by atoms with Gasteiger partial charge < -0.3 is 4.57 Å². The first kappa shape index (κ1) is 11.8. The van der Waals surface area contributed by atoms with Gasteiger partial charge in [0.25, 0.3) is 0 Å². The molecule has 90 valence electrons. The fourth-order valence-electron chi connectivity index (χ4n) is 2.60. The smallest absolute Gasteiger partial charge is 0.221 e. The van der Waals surface area contributed by atoms with Crippen LogP contribution in [0, 0.1) is 11.8 Å². The molecule has 0 bridgehead atoms. The van der Waals surface area contributed by atoms with Crippen molar-refractivity contribution in [2.75, 3.05) is 6.26 Å². The van der Waals surface area contributed by atoms with Gasteiger partial charge in [-0.15, -0.1) is 10.2 Å². The van der Waals surface area contributed by atoms with E-state index in [2.05, 4.69) is 17.1 Å². The molecule has 0 radical (unpaired) electrons. The highest BCUT2D eigenvalue weighted by molar-refractivity contribution is 7.84. The van der Waals surface area contributed by atoms with Crippen molar-refractivity contribution < 1.29 is 4.21 Å². The summed E-state index contributed by atoms with van der Waals surface area (Å²) in [7, 11) is -1.03. The molecule has 1 aromatic heterocycles. The van der Waals surface area contributed by atoms with Crippen molar-refractivity contribution in [3.8, 4) is 0 Å². The fourth-order valence-corrected chi connectivity index (χ4v) is 3.21. The van der Waals surface area contributed by atoms with E-state index in [0.717, 1.165) is 12.5 Å². The molecule has 0 amide bonds. The minimum absolute atomic E-state index is 0.609. The summed E-state index contributed by atoms with van der Waals surface area (Å²) >= 11 is 0. The van der Waals surface area contributed by atoms with Crippen LogP contribution in [0.25, 0.3) is 0 Å². The maximum absolute atomic E-state index is 11.4. The van der Waals surface area contributed by atoms with Gasteiger partial charge in [0.1, 0.15) is 6.33 Å². The molecule has 1 aliphatic rings. The van der Waals surface area contributed by atoms with Crippen molar-refractivity contribution in [1.29, 1.82) is 0 Å². The van der Waals surface area contributed by atoms with Crippen LogP contribution in [0.4, 0.5) is 0 Å². The number of rotatable bonds is 3. The average molecular weight is 241 g/mol. The van der Waals surface area contributed by atoms with Gasteiger partial charge in [-0.25, -0.2) is 0 Å². The van der Waals surface area contributed by atoms with Gasteiger partial charge in [-0.1, -0.05) is 19.8 Å². The van der Waals surface area contributed by atoms with Crippen LogP contribution in [-0.4, -0.2) is 25.2 Å². The summed E-state index contributed by atoms with van der Waals surface area (Å²) in [6.07, 6.45) is 8.58. The van der Waals surface area contributed by atoms with Crippen LogP contribution in [0.5, 0.6) is 0 Å². The first-order chi connectivity index (χ1) is 7.66. The molecule has 1 aliphatic carbocycles. The summed E-state index contributed by atoms with van der Waals surface area (Å²) in [6, 6.07) is 0. The van der Waals surface area contributed by atoms with Gasteiger partial charge in [0.15, 0.2) is 0 Å². The summed E-state index contributed by atoms with van der Waals surface area (Å²) in [5.74, 6) is 1.52. The van der Waals surface area contributed by atoms with Gasteiger partial charge in [0.05, 0.1) is 10.8 Å². The van der Waals surface area contributed by atoms with E-state index in [1.807, 2.05) is 4.57 Å². The minimum Gasteiger partial charge on any atom is -0.306 e. The van der Waals surface area contributed by atoms with E-state index < -0.39 is 10.8 Å². The van der Waals surface area contributed by atoms with Crippen LogP contribution in [0.3, 0.4) is 0 Å². The van der Waals surface area contributed by atoms with Crippen molar-refractivity contribution in [3.63, 3.8) is 0 Å². The summed E-state index contributed by atoms with van der Waals surface area (Å²) in [5, 5.41) is 8.37. The Labute approximate surface area is 98.9 Å². The third kappa shape index (κ3) is 2.70. The monoisotopic (exact) mass is 241 g/mol. The molecule has 16 heavy (non-hydrogen) atoms. The lowest BCUT2D eigenvalue weighted by Crippen LogP contribution is -2.19. The average Bonchev–Trinajstić information content (AvgIpc) is 2.66. The number of hydrogen-bond acceptors (Lipinski definition) is 3. The maximum Gasteiger partial charge on any atom is 0.221 e. The van der Waals surface area contributed by atoms with E-state index in [4.69, 9.17) is 0 Å². The summed E-state index contributed by atoms with van der Waals surface area (Å²) < 4.78 is 13.4. The van der Waals surface area contributed by atoms with Crippen LogP contribution >= 0.6 is 0 Å². The molecule has 1 saturated carbocycles. The lowest BCUT2D eigenvalue weighted by Gasteiger charge is -2.26. The Morgan fingerprint density at radius 3 is 3.06 bits per heavy atom. The molecule has 1 fully saturated rings. The van der Waals surface area contributed by atoms with E-state index in [1.54, 1.807) is 12.6 Å². The Kier molecular flexibility index (Phi) is 3.74. The van der Waals surface area contributed by atoms with Crippen LogP contribution in [0.1, 0.15) is 32.6 Å². The zero-order valence-corrected chi connectivity index (χ0v) is 10.7. The highest BCUT2D eigenvalue weighted by Gasteiger charge is 2.20. The quantitative estimate of drug-likeness (QED) is 0.811. The predicted octanol–water partition coefficient (Wildman–Crippen LogP) is 1.84. The van der Waals surface area contributed by atoms with E-state index >= 15 is 0 Å². The molecule has 0 unspecified atom stereocenters. The van der Waals surface area contributed by atoms with Crippen molar-refractivity contribution in [2.45, 2.75) is 44.3 Å². The van der Waals surface area contributed by atoms with Gasteiger partial charge in [-0.3, -0.25) is 4.21 Å². The van der Waals surface area contributed by atoms with Gasteiger partial charge in [0.2, 0.25) is 5.16 Å². The largest absolute Gasteiger partial charge is 0.306 e. The van der Waals surface area contributed by atoms with Crippen molar-refractivity contribution in [1.82, 2.24) is 14.8 Å². The molecule has 0 aromatic carbocycles. The molecular formula is C11H19N3OS. The molecule has 1 aromatic rings. The van der Waals surface area contributed by atoms with E-state index in [1.165, 1.54) is 25.7 Å². The normalized spacial score (nSPS) is 27.9. The highest BCUT2D eigenvalue weighted by Crippen LogP contribution is 2.29.